The van der Waals surface area contributed by atoms with Crippen LogP contribution >= 0.6 is 0 Å². The number of aromatic amines is 1. The highest BCUT2D eigenvalue weighted by atomic mass is 19.1. The molecule has 1 aromatic carbocycles. The predicted octanol–water partition coefficient (Wildman–Crippen LogP) is 1.96. The fourth-order valence-electron chi connectivity index (χ4n) is 3.62. The van der Waals surface area contributed by atoms with Gasteiger partial charge in [0.1, 0.15) is 11.6 Å². The van der Waals surface area contributed by atoms with Gasteiger partial charge < -0.3 is 15.5 Å². The molecule has 2 aliphatic rings. The normalized spacial score (nSPS) is 19.0. The molecule has 0 radical (unpaired) electrons. The van der Waals surface area contributed by atoms with E-state index in [1.165, 1.54) is 18.2 Å². The van der Waals surface area contributed by atoms with Gasteiger partial charge in [0.2, 0.25) is 17.8 Å². The van der Waals surface area contributed by atoms with E-state index in [1.54, 1.807) is 6.07 Å². The van der Waals surface area contributed by atoms with E-state index in [0.29, 0.717) is 5.95 Å². The number of anilines is 3. The first-order valence-corrected chi connectivity index (χ1v) is 9.27. The molecule has 2 aromatic rings. The number of piperidine rings is 1. The first-order chi connectivity index (χ1) is 13.5. The van der Waals surface area contributed by atoms with E-state index in [-0.39, 0.29) is 23.5 Å². The molecule has 0 spiro atoms. The van der Waals surface area contributed by atoms with Crippen LogP contribution < -0.4 is 21.1 Å². The Hall–Kier alpha value is -3.23. The second kappa shape index (κ2) is 7.41. The minimum absolute atomic E-state index is 0.00523. The molecule has 0 aliphatic carbocycles. The van der Waals surface area contributed by atoms with Crippen molar-refractivity contribution in [3.8, 4) is 0 Å². The van der Waals surface area contributed by atoms with Gasteiger partial charge in [-0.25, -0.2) is 4.39 Å². The summed E-state index contributed by atoms with van der Waals surface area (Å²) in [5, 5.41) is 5.05. The van der Waals surface area contributed by atoms with Gasteiger partial charge in [-0.2, -0.15) is 4.98 Å². The summed E-state index contributed by atoms with van der Waals surface area (Å²) in [6, 6.07) is 5.72. The lowest BCUT2D eigenvalue weighted by Gasteiger charge is -2.29. The molecule has 1 saturated heterocycles. The van der Waals surface area contributed by atoms with Crippen molar-refractivity contribution < 1.29 is 14.0 Å². The first-order valence-electron chi connectivity index (χ1n) is 9.27. The molecule has 2 aliphatic heterocycles. The zero-order chi connectivity index (χ0) is 19.7. The van der Waals surface area contributed by atoms with Gasteiger partial charge in [-0.15, -0.1) is 0 Å². The zero-order valence-corrected chi connectivity index (χ0v) is 15.1. The Morgan fingerprint density at radius 1 is 1.18 bits per heavy atom. The highest BCUT2D eigenvalue weighted by molar-refractivity contribution is 6.04. The number of H-pyrrole nitrogens is 1. The smallest absolute Gasteiger partial charge is 0.258 e. The number of para-hydroxylation sites is 1. The Morgan fingerprint density at radius 3 is 2.68 bits per heavy atom. The number of rotatable bonds is 3. The summed E-state index contributed by atoms with van der Waals surface area (Å²) in [4.78, 5) is 46.7. The first kappa shape index (κ1) is 18.1. The molecule has 2 amide bonds. The lowest BCUT2D eigenvalue weighted by molar-refractivity contribution is -0.123. The quantitative estimate of drug-likeness (QED) is 0.749. The number of nitrogens with zero attached hydrogens (tertiary/aromatic N) is 2. The molecule has 3 N–H and O–H groups in total. The lowest BCUT2D eigenvalue weighted by atomic mass is 9.92. The molecule has 1 fully saturated rings. The van der Waals surface area contributed by atoms with Crippen molar-refractivity contribution in [3.05, 3.63) is 46.0 Å². The predicted molar refractivity (Wildman–Crippen MR) is 102 cm³/mol. The Bertz CT molecular complexity index is 984. The molecule has 0 unspecified atom stereocenters. The highest BCUT2D eigenvalue weighted by Crippen LogP contribution is 2.30. The van der Waals surface area contributed by atoms with Gasteiger partial charge in [-0.05, 0) is 31.4 Å². The van der Waals surface area contributed by atoms with Crippen molar-refractivity contribution in [2.24, 2.45) is 0 Å². The molecule has 146 valence electrons. The van der Waals surface area contributed by atoms with Crippen LogP contribution in [0.1, 0.15) is 37.2 Å². The van der Waals surface area contributed by atoms with E-state index in [2.05, 4.69) is 20.6 Å². The molecule has 9 heteroatoms. The van der Waals surface area contributed by atoms with E-state index in [0.717, 1.165) is 32.4 Å². The number of fused-ring (bicyclic) bond motifs is 1. The number of hydrogen-bond donors (Lipinski definition) is 3. The van der Waals surface area contributed by atoms with Gasteiger partial charge in [0.15, 0.2) is 0 Å². The van der Waals surface area contributed by atoms with Gasteiger partial charge in [0, 0.05) is 19.5 Å². The van der Waals surface area contributed by atoms with E-state index in [4.69, 9.17) is 0 Å². The van der Waals surface area contributed by atoms with Crippen molar-refractivity contribution in [2.75, 3.05) is 28.6 Å². The molecule has 4 rings (SSSR count). The lowest BCUT2D eigenvalue weighted by Crippen LogP contribution is -2.38. The summed E-state index contributed by atoms with van der Waals surface area (Å²) in [7, 11) is 0. The monoisotopic (exact) mass is 385 g/mol. The second-order valence-corrected chi connectivity index (χ2v) is 6.97. The topological polar surface area (TPSA) is 107 Å². The van der Waals surface area contributed by atoms with Crippen LogP contribution in [0.15, 0.2) is 29.1 Å². The van der Waals surface area contributed by atoms with Crippen molar-refractivity contribution in [1.29, 1.82) is 0 Å². The Balaban J connectivity index is 1.66. The van der Waals surface area contributed by atoms with Crippen molar-refractivity contribution in [3.63, 3.8) is 0 Å². The van der Waals surface area contributed by atoms with E-state index >= 15 is 0 Å². The fraction of sp³-hybridized carbons (Fsp3) is 0.368. The number of aromatic nitrogens is 2. The number of carbonyl (C=O) groups is 2. The van der Waals surface area contributed by atoms with Gasteiger partial charge in [0.25, 0.3) is 5.56 Å². The maximum Gasteiger partial charge on any atom is 0.258 e. The molecule has 8 nitrogen and oxygen atoms in total. The summed E-state index contributed by atoms with van der Waals surface area (Å²) < 4.78 is 13.8. The zero-order valence-electron chi connectivity index (χ0n) is 15.1. The molecular formula is C19H20FN5O3. The summed E-state index contributed by atoms with van der Waals surface area (Å²) in [5.74, 6) is -2.20. The van der Waals surface area contributed by atoms with Crippen LogP contribution in [0.25, 0.3) is 0 Å². The molecule has 0 bridgehead atoms. The summed E-state index contributed by atoms with van der Waals surface area (Å²) in [6.07, 6.45) is 2.92. The number of benzene rings is 1. The summed E-state index contributed by atoms with van der Waals surface area (Å²) in [6.45, 7) is 1.54. The van der Waals surface area contributed by atoms with Crippen LogP contribution in [-0.2, 0) is 9.59 Å². The molecule has 1 aromatic heterocycles. The van der Waals surface area contributed by atoms with Crippen LogP contribution in [0.2, 0.25) is 0 Å². The van der Waals surface area contributed by atoms with Crippen molar-refractivity contribution >= 4 is 29.3 Å². The molecular weight excluding hydrogens is 365 g/mol. The number of amides is 2. The summed E-state index contributed by atoms with van der Waals surface area (Å²) in [5.41, 5.74) is -0.386. The van der Waals surface area contributed by atoms with Gasteiger partial charge in [-0.3, -0.25) is 19.4 Å². The SMILES string of the molecule is O=C1C[C@H](C(=O)Nc2ccccc2F)c2c(nc(N3CCCCC3)[nH]c2=O)N1. The van der Waals surface area contributed by atoms with Crippen LogP contribution in [-0.4, -0.2) is 34.9 Å². The molecule has 28 heavy (non-hydrogen) atoms. The fourth-order valence-corrected chi connectivity index (χ4v) is 3.62. The maximum absolute atomic E-state index is 13.8. The van der Waals surface area contributed by atoms with E-state index in [1.807, 2.05) is 4.90 Å². The number of hydrogen-bond acceptors (Lipinski definition) is 5. The maximum atomic E-state index is 13.8. The van der Waals surface area contributed by atoms with Gasteiger partial charge >= 0.3 is 0 Å². The van der Waals surface area contributed by atoms with Gasteiger partial charge in [-0.1, -0.05) is 12.1 Å². The van der Waals surface area contributed by atoms with Crippen LogP contribution in [0.4, 0.5) is 21.8 Å². The third-order valence-corrected chi connectivity index (χ3v) is 5.04. The van der Waals surface area contributed by atoms with Crippen LogP contribution in [0.3, 0.4) is 0 Å². The van der Waals surface area contributed by atoms with Gasteiger partial charge in [0.05, 0.1) is 17.2 Å². The van der Waals surface area contributed by atoms with Crippen molar-refractivity contribution in [2.45, 2.75) is 31.6 Å². The van der Waals surface area contributed by atoms with E-state index in [9.17, 15) is 18.8 Å². The van der Waals surface area contributed by atoms with Crippen molar-refractivity contribution in [1.82, 2.24) is 9.97 Å². The molecule has 1 atom stereocenters. The number of nitrogens with one attached hydrogen (secondary N) is 3. The van der Waals surface area contributed by atoms with E-state index < -0.39 is 29.1 Å². The molecule has 3 heterocycles. The average molecular weight is 385 g/mol. The Kier molecular flexibility index (Phi) is 4.81. The standard InChI is InChI=1S/C19H20FN5O3/c20-12-6-2-3-7-13(12)21-17(27)11-10-14(26)22-16-15(11)18(28)24-19(23-16)25-8-4-1-5-9-25/h2-3,6-7,11H,1,4-5,8-10H2,(H,21,27)(H2,22,23,24,26,28)/t11-/m0/s1. The number of halogens is 1. The van der Waals surface area contributed by atoms with Crippen LogP contribution in [0.5, 0.6) is 0 Å². The highest BCUT2D eigenvalue weighted by Gasteiger charge is 2.35. The Labute approximate surface area is 160 Å². The average Bonchev–Trinajstić information content (AvgIpc) is 2.69. The van der Waals surface area contributed by atoms with Crippen LogP contribution in [0, 0.1) is 5.82 Å². The second-order valence-electron chi connectivity index (χ2n) is 6.97. The minimum Gasteiger partial charge on any atom is -0.342 e. The Morgan fingerprint density at radius 2 is 1.93 bits per heavy atom. The molecule has 0 saturated carbocycles. The summed E-state index contributed by atoms with van der Waals surface area (Å²) >= 11 is 0. The third-order valence-electron chi connectivity index (χ3n) is 5.04. The number of carbonyl (C=O) groups excluding carboxylic acids is 2. The third kappa shape index (κ3) is 3.47. The minimum atomic E-state index is -1.05. The largest absolute Gasteiger partial charge is 0.342 e.